The molecule has 1 saturated carbocycles. The fourth-order valence-corrected chi connectivity index (χ4v) is 5.19. The summed E-state index contributed by atoms with van der Waals surface area (Å²) in [7, 11) is 0. The average Bonchev–Trinajstić information content (AvgIpc) is 3.27. The number of ether oxygens (including phenoxy) is 1. The Kier molecular flexibility index (Phi) is 3.98. The van der Waals surface area contributed by atoms with Gasteiger partial charge < -0.3 is 14.7 Å². The molecule has 3 heterocycles. The SMILES string of the molecule is O=C(C1CC1)N1C[C@@H]2CCN(Cc3ccc4c(c3)CCO4)C[C@]2(CO)C1. The molecule has 1 N–H and O–H groups in total. The van der Waals surface area contributed by atoms with Gasteiger partial charge in [-0.05, 0) is 48.9 Å². The maximum atomic E-state index is 12.5. The Morgan fingerprint density at radius 1 is 1.27 bits per heavy atom. The summed E-state index contributed by atoms with van der Waals surface area (Å²) in [5, 5.41) is 10.2. The zero-order valence-electron chi connectivity index (χ0n) is 15.3. The highest BCUT2D eigenvalue weighted by Gasteiger charge is 2.51. The van der Waals surface area contributed by atoms with E-state index in [9.17, 15) is 9.90 Å². The number of aliphatic hydroxyl groups is 1. The zero-order valence-corrected chi connectivity index (χ0v) is 15.3. The minimum atomic E-state index is -0.136. The third-order valence-corrected chi connectivity index (χ3v) is 6.86. The Bertz CT molecular complexity index is 717. The van der Waals surface area contributed by atoms with E-state index in [1.54, 1.807) is 0 Å². The molecule has 4 aliphatic rings. The van der Waals surface area contributed by atoms with Crippen molar-refractivity contribution in [3.63, 3.8) is 0 Å². The number of hydrogen-bond acceptors (Lipinski definition) is 4. The third kappa shape index (κ3) is 2.81. The standard InChI is InChI=1S/C21H28N2O3/c24-14-21-12-22(10-15-1-4-19-17(9-15)6-8-26-19)7-5-18(21)11-23(13-21)20(25)16-2-3-16/h1,4,9,16,18,24H,2-3,5-8,10-14H2/t18-,21+/m0/s1. The molecule has 0 unspecified atom stereocenters. The number of likely N-dealkylation sites (tertiary alicyclic amines) is 2. The molecule has 3 fully saturated rings. The Balaban J connectivity index is 1.29. The average molecular weight is 356 g/mol. The van der Waals surface area contributed by atoms with Crippen molar-refractivity contribution in [1.29, 1.82) is 0 Å². The van der Waals surface area contributed by atoms with Crippen molar-refractivity contribution in [2.24, 2.45) is 17.3 Å². The molecule has 2 saturated heterocycles. The molecule has 3 aliphatic heterocycles. The van der Waals surface area contributed by atoms with Crippen LogP contribution < -0.4 is 4.74 Å². The molecule has 0 radical (unpaired) electrons. The molecule has 1 aromatic rings. The number of rotatable bonds is 4. The lowest BCUT2D eigenvalue weighted by Gasteiger charge is -2.43. The lowest BCUT2D eigenvalue weighted by molar-refractivity contribution is -0.132. The Morgan fingerprint density at radius 3 is 2.96 bits per heavy atom. The van der Waals surface area contributed by atoms with Gasteiger partial charge in [-0.2, -0.15) is 0 Å². The fourth-order valence-electron chi connectivity index (χ4n) is 5.19. The normalized spacial score (nSPS) is 30.8. The smallest absolute Gasteiger partial charge is 0.225 e. The first kappa shape index (κ1) is 16.6. The molecule has 0 aromatic heterocycles. The lowest BCUT2D eigenvalue weighted by Crippen LogP contribution is -2.50. The summed E-state index contributed by atoms with van der Waals surface area (Å²) in [5.74, 6) is 2.08. The number of aliphatic hydroxyl groups excluding tert-OH is 1. The lowest BCUT2D eigenvalue weighted by atomic mass is 9.74. The van der Waals surface area contributed by atoms with E-state index in [0.29, 0.717) is 11.8 Å². The highest BCUT2D eigenvalue weighted by atomic mass is 16.5. The number of hydrogen-bond donors (Lipinski definition) is 1. The van der Waals surface area contributed by atoms with Gasteiger partial charge in [0.2, 0.25) is 5.91 Å². The van der Waals surface area contributed by atoms with Crippen LogP contribution in [0.15, 0.2) is 18.2 Å². The van der Waals surface area contributed by atoms with Crippen molar-refractivity contribution in [1.82, 2.24) is 9.80 Å². The van der Waals surface area contributed by atoms with Gasteiger partial charge in [0.25, 0.3) is 0 Å². The molecule has 0 spiro atoms. The molecule has 1 aliphatic carbocycles. The quantitative estimate of drug-likeness (QED) is 0.892. The molecule has 26 heavy (non-hydrogen) atoms. The van der Waals surface area contributed by atoms with Gasteiger partial charge in [0.1, 0.15) is 5.75 Å². The Hall–Kier alpha value is -1.59. The predicted molar refractivity (Wildman–Crippen MR) is 97.8 cm³/mol. The van der Waals surface area contributed by atoms with Crippen LogP contribution in [-0.4, -0.2) is 60.2 Å². The second kappa shape index (κ2) is 6.24. The van der Waals surface area contributed by atoms with Crippen molar-refractivity contribution in [3.05, 3.63) is 29.3 Å². The van der Waals surface area contributed by atoms with Gasteiger partial charge in [0.05, 0.1) is 13.2 Å². The first-order valence-electron chi connectivity index (χ1n) is 10.0. The topological polar surface area (TPSA) is 53.0 Å². The van der Waals surface area contributed by atoms with Gasteiger partial charge in [-0.15, -0.1) is 0 Å². The van der Waals surface area contributed by atoms with E-state index in [1.165, 1.54) is 11.1 Å². The van der Waals surface area contributed by atoms with Crippen LogP contribution in [0, 0.1) is 17.3 Å². The van der Waals surface area contributed by atoms with Gasteiger partial charge in [0, 0.05) is 43.9 Å². The number of fused-ring (bicyclic) bond motifs is 2. The van der Waals surface area contributed by atoms with Gasteiger partial charge in [-0.3, -0.25) is 9.69 Å². The van der Waals surface area contributed by atoms with Crippen molar-refractivity contribution < 1.29 is 14.6 Å². The Labute approximate surface area is 154 Å². The van der Waals surface area contributed by atoms with E-state index in [2.05, 4.69) is 28.0 Å². The molecule has 0 bridgehead atoms. The first-order chi connectivity index (χ1) is 12.7. The van der Waals surface area contributed by atoms with Crippen molar-refractivity contribution >= 4 is 5.91 Å². The number of nitrogens with zero attached hydrogens (tertiary/aromatic N) is 2. The molecular formula is C21H28N2O3. The van der Waals surface area contributed by atoms with E-state index >= 15 is 0 Å². The number of benzene rings is 1. The van der Waals surface area contributed by atoms with E-state index < -0.39 is 0 Å². The van der Waals surface area contributed by atoms with Gasteiger partial charge in [0.15, 0.2) is 0 Å². The second-order valence-corrected chi connectivity index (χ2v) is 8.75. The van der Waals surface area contributed by atoms with Crippen LogP contribution in [0.3, 0.4) is 0 Å². The minimum absolute atomic E-state index is 0.136. The summed E-state index contributed by atoms with van der Waals surface area (Å²) < 4.78 is 5.61. The van der Waals surface area contributed by atoms with Crippen LogP contribution in [0.25, 0.3) is 0 Å². The number of piperidine rings is 1. The molecule has 5 rings (SSSR count). The largest absolute Gasteiger partial charge is 0.493 e. The zero-order chi connectivity index (χ0) is 17.7. The maximum absolute atomic E-state index is 12.5. The monoisotopic (exact) mass is 356 g/mol. The summed E-state index contributed by atoms with van der Waals surface area (Å²) in [4.78, 5) is 17.0. The van der Waals surface area contributed by atoms with E-state index in [-0.39, 0.29) is 17.9 Å². The number of carbonyl (C=O) groups excluding carboxylic acids is 1. The molecule has 140 valence electrons. The fraction of sp³-hybridized carbons (Fsp3) is 0.667. The molecule has 1 aromatic carbocycles. The number of amides is 1. The van der Waals surface area contributed by atoms with Crippen LogP contribution in [0.4, 0.5) is 0 Å². The molecule has 2 atom stereocenters. The Morgan fingerprint density at radius 2 is 2.15 bits per heavy atom. The van der Waals surface area contributed by atoms with E-state index in [0.717, 1.165) is 70.8 Å². The summed E-state index contributed by atoms with van der Waals surface area (Å²) in [6, 6.07) is 6.54. The van der Waals surface area contributed by atoms with Crippen molar-refractivity contribution in [2.45, 2.75) is 32.2 Å². The number of carbonyl (C=O) groups is 1. The molecule has 5 nitrogen and oxygen atoms in total. The molecule has 5 heteroatoms. The summed E-state index contributed by atoms with van der Waals surface area (Å²) >= 11 is 0. The van der Waals surface area contributed by atoms with Crippen LogP contribution >= 0.6 is 0 Å². The summed E-state index contributed by atoms with van der Waals surface area (Å²) in [6.07, 6.45) is 4.19. The van der Waals surface area contributed by atoms with E-state index in [1.807, 2.05) is 0 Å². The summed E-state index contributed by atoms with van der Waals surface area (Å²) in [6.45, 7) is 5.40. The second-order valence-electron chi connectivity index (χ2n) is 8.75. The van der Waals surface area contributed by atoms with Crippen LogP contribution in [0.2, 0.25) is 0 Å². The first-order valence-corrected chi connectivity index (χ1v) is 10.0. The maximum Gasteiger partial charge on any atom is 0.225 e. The van der Waals surface area contributed by atoms with Crippen LogP contribution in [0.5, 0.6) is 5.75 Å². The predicted octanol–water partition coefficient (Wildman–Crippen LogP) is 1.67. The van der Waals surface area contributed by atoms with E-state index in [4.69, 9.17) is 4.74 Å². The van der Waals surface area contributed by atoms with Gasteiger partial charge in [-0.1, -0.05) is 12.1 Å². The third-order valence-electron chi connectivity index (χ3n) is 6.86. The highest BCUT2D eigenvalue weighted by molar-refractivity contribution is 5.81. The van der Waals surface area contributed by atoms with Crippen LogP contribution in [-0.2, 0) is 17.8 Å². The van der Waals surface area contributed by atoms with Crippen LogP contribution in [0.1, 0.15) is 30.4 Å². The van der Waals surface area contributed by atoms with Gasteiger partial charge in [-0.25, -0.2) is 0 Å². The minimum Gasteiger partial charge on any atom is -0.493 e. The summed E-state index contributed by atoms with van der Waals surface area (Å²) in [5.41, 5.74) is 2.50. The van der Waals surface area contributed by atoms with Gasteiger partial charge >= 0.3 is 0 Å². The van der Waals surface area contributed by atoms with Crippen molar-refractivity contribution in [2.75, 3.05) is 39.4 Å². The van der Waals surface area contributed by atoms with Crippen molar-refractivity contribution in [3.8, 4) is 5.75 Å². The molecule has 1 amide bonds. The molecular weight excluding hydrogens is 328 g/mol. The highest BCUT2D eigenvalue weighted by Crippen LogP contribution is 2.44.